The van der Waals surface area contributed by atoms with Crippen molar-refractivity contribution in [2.75, 3.05) is 6.54 Å². The Morgan fingerprint density at radius 1 is 1.16 bits per heavy atom. The van der Waals surface area contributed by atoms with E-state index in [1.807, 2.05) is 0 Å². The van der Waals surface area contributed by atoms with Crippen LogP contribution >= 0.6 is 0 Å². The first kappa shape index (κ1) is 16.2. The third-order valence-electron chi connectivity index (χ3n) is 5.32. The molecule has 1 atom stereocenters. The minimum Gasteiger partial charge on any atom is -0.294 e. The molecule has 1 unspecified atom stereocenters. The Balaban J connectivity index is 1.51. The van der Waals surface area contributed by atoms with Crippen molar-refractivity contribution in [3.05, 3.63) is 55.9 Å². The van der Waals surface area contributed by atoms with Gasteiger partial charge >= 0.3 is 0 Å². The van der Waals surface area contributed by atoms with E-state index in [2.05, 4.69) is 15.1 Å². The monoisotopic (exact) mass is 341 g/mol. The van der Waals surface area contributed by atoms with Gasteiger partial charge in [0.1, 0.15) is 0 Å². The van der Waals surface area contributed by atoms with Crippen LogP contribution in [-0.2, 0) is 33.0 Å². The van der Waals surface area contributed by atoms with Gasteiger partial charge in [0.05, 0.1) is 18.4 Å². The van der Waals surface area contributed by atoms with Crippen molar-refractivity contribution in [1.82, 2.24) is 24.5 Å². The van der Waals surface area contributed by atoms with Crippen LogP contribution in [0.15, 0.2) is 27.9 Å². The number of hydrogen-bond donors (Lipinski definition) is 0. The molecule has 7 heteroatoms. The summed E-state index contributed by atoms with van der Waals surface area (Å²) in [7, 11) is 1.65. The maximum atomic E-state index is 12.3. The van der Waals surface area contributed by atoms with Crippen molar-refractivity contribution in [1.29, 1.82) is 0 Å². The van der Waals surface area contributed by atoms with Crippen molar-refractivity contribution in [3.63, 3.8) is 0 Å². The number of rotatable bonds is 4. The van der Waals surface area contributed by atoms with E-state index in [-0.39, 0.29) is 17.2 Å². The molecule has 7 nitrogen and oxygen atoms in total. The Morgan fingerprint density at radius 2 is 2.04 bits per heavy atom. The lowest BCUT2D eigenvalue weighted by Crippen LogP contribution is -2.37. The summed E-state index contributed by atoms with van der Waals surface area (Å²) in [5.41, 5.74) is 3.03. The molecule has 0 radical (unpaired) electrons. The Hall–Kier alpha value is -2.28. The van der Waals surface area contributed by atoms with Gasteiger partial charge in [-0.2, -0.15) is 10.2 Å². The van der Waals surface area contributed by atoms with E-state index in [9.17, 15) is 9.59 Å². The molecule has 1 aliphatic heterocycles. The third kappa shape index (κ3) is 3.28. The number of likely N-dealkylation sites (tertiary alicyclic amines) is 1. The molecule has 1 saturated heterocycles. The fourth-order valence-electron chi connectivity index (χ4n) is 3.91. The van der Waals surface area contributed by atoms with Crippen LogP contribution in [0.5, 0.6) is 0 Å². The lowest BCUT2D eigenvalue weighted by molar-refractivity contribution is 0.216. The van der Waals surface area contributed by atoms with Gasteiger partial charge < -0.3 is 0 Å². The molecule has 0 aromatic carbocycles. The summed E-state index contributed by atoms with van der Waals surface area (Å²) >= 11 is 0. The van der Waals surface area contributed by atoms with Crippen LogP contribution in [0.2, 0.25) is 0 Å². The van der Waals surface area contributed by atoms with Crippen molar-refractivity contribution < 1.29 is 0 Å². The second-order valence-electron chi connectivity index (χ2n) is 7.08. The first-order valence-corrected chi connectivity index (χ1v) is 8.96. The predicted octanol–water partition coefficient (Wildman–Crippen LogP) is 0.490. The second-order valence-corrected chi connectivity index (χ2v) is 7.08. The van der Waals surface area contributed by atoms with Crippen LogP contribution in [0.4, 0.5) is 0 Å². The smallest absolute Gasteiger partial charge is 0.267 e. The van der Waals surface area contributed by atoms with Gasteiger partial charge in [-0.05, 0) is 49.8 Å². The van der Waals surface area contributed by atoms with E-state index in [4.69, 9.17) is 0 Å². The number of aromatic nitrogens is 4. The number of aryl methyl sites for hydroxylation is 3. The molecule has 4 rings (SSSR count). The van der Waals surface area contributed by atoms with Crippen LogP contribution in [0, 0.1) is 0 Å². The maximum absolute atomic E-state index is 12.3. The first-order chi connectivity index (χ1) is 12.1. The van der Waals surface area contributed by atoms with Crippen molar-refractivity contribution in [2.45, 2.75) is 51.2 Å². The van der Waals surface area contributed by atoms with Crippen LogP contribution in [0.3, 0.4) is 0 Å². The van der Waals surface area contributed by atoms with Gasteiger partial charge in [-0.1, -0.05) is 0 Å². The fraction of sp³-hybridized carbons (Fsp3) is 0.556. The molecule has 0 amide bonds. The zero-order valence-corrected chi connectivity index (χ0v) is 14.5. The van der Waals surface area contributed by atoms with Crippen molar-refractivity contribution in [3.8, 4) is 0 Å². The molecule has 2 aliphatic rings. The summed E-state index contributed by atoms with van der Waals surface area (Å²) in [4.78, 5) is 26.4. The molecule has 2 aromatic rings. The van der Waals surface area contributed by atoms with Gasteiger partial charge in [-0.3, -0.25) is 14.5 Å². The minimum absolute atomic E-state index is 0.00254. The number of hydrogen-bond acceptors (Lipinski definition) is 5. The van der Waals surface area contributed by atoms with E-state index in [0.717, 1.165) is 55.5 Å². The Kier molecular flexibility index (Phi) is 4.25. The molecular weight excluding hydrogens is 318 g/mol. The van der Waals surface area contributed by atoms with Gasteiger partial charge in [-0.25, -0.2) is 9.36 Å². The van der Waals surface area contributed by atoms with Gasteiger partial charge in [0.2, 0.25) is 0 Å². The number of fused-ring (bicyclic) bond motifs is 1. The highest BCUT2D eigenvalue weighted by Crippen LogP contribution is 2.21. The van der Waals surface area contributed by atoms with E-state index >= 15 is 0 Å². The Morgan fingerprint density at radius 3 is 2.88 bits per heavy atom. The largest absolute Gasteiger partial charge is 0.294 e. The molecule has 132 valence electrons. The lowest BCUT2D eigenvalue weighted by atomic mass is 10.2. The van der Waals surface area contributed by atoms with Gasteiger partial charge in [-0.15, -0.1) is 0 Å². The average molecular weight is 341 g/mol. The van der Waals surface area contributed by atoms with Crippen molar-refractivity contribution in [2.24, 2.45) is 7.05 Å². The van der Waals surface area contributed by atoms with Crippen LogP contribution < -0.4 is 11.1 Å². The van der Waals surface area contributed by atoms with E-state index < -0.39 is 0 Å². The summed E-state index contributed by atoms with van der Waals surface area (Å²) in [6.45, 7) is 2.28. The standard InChI is InChI=1S/C18H23N5O2/c1-21-17(24)8-13(10-19-21)11-22-7-3-5-15(22)12-23-18(25)9-14-4-2-6-16(14)20-23/h8-10,15H,2-7,11-12H2,1H3. The fourth-order valence-corrected chi connectivity index (χ4v) is 3.91. The summed E-state index contributed by atoms with van der Waals surface area (Å²) in [6, 6.07) is 3.68. The normalized spacial score (nSPS) is 20.1. The predicted molar refractivity (Wildman–Crippen MR) is 93.4 cm³/mol. The molecular formula is C18H23N5O2. The highest BCUT2D eigenvalue weighted by Gasteiger charge is 2.26. The third-order valence-corrected chi connectivity index (χ3v) is 5.32. The molecule has 0 N–H and O–H groups in total. The summed E-state index contributed by atoms with van der Waals surface area (Å²) in [5, 5.41) is 8.69. The summed E-state index contributed by atoms with van der Waals surface area (Å²) < 4.78 is 2.97. The second kappa shape index (κ2) is 6.55. The highest BCUT2D eigenvalue weighted by molar-refractivity contribution is 5.22. The SMILES string of the molecule is Cn1ncc(CN2CCCC2Cn2nc3c(cc2=O)CCC3)cc1=O. The van der Waals surface area contributed by atoms with E-state index in [1.54, 1.807) is 30.1 Å². The van der Waals surface area contributed by atoms with Crippen LogP contribution in [0.1, 0.15) is 36.1 Å². The minimum atomic E-state index is -0.0928. The van der Waals surface area contributed by atoms with Crippen LogP contribution in [0.25, 0.3) is 0 Å². The average Bonchev–Trinajstić information content (AvgIpc) is 3.21. The molecule has 3 heterocycles. The quantitative estimate of drug-likeness (QED) is 0.809. The van der Waals surface area contributed by atoms with Gasteiger partial charge in [0, 0.05) is 31.8 Å². The summed E-state index contributed by atoms with van der Waals surface area (Å²) in [6.07, 6.45) is 6.94. The number of nitrogens with zero attached hydrogens (tertiary/aromatic N) is 5. The molecule has 1 aliphatic carbocycles. The zero-order chi connectivity index (χ0) is 17.4. The zero-order valence-electron chi connectivity index (χ0n) is 14.5. The van der Waals surface area contributed by atoms with E-state index in [1.165, 1.54) is 4.68 Å². The lowest BCUT2D eigenvalue weighted by Gasteiger charge is -2.24. The molecule has 0 bridgehead atoms. The first-order valence-electron chi connectivity index (χ1n) is 8.96. The molecule has 2 aromatic heterocycles. The summed E-state index contributed by atoms with van der Waals surface area (Å²) in [5.74, 6) is 0. The van der Waals surface area contributed by atoms with Gasteiger partial charge in [0.25, 0.3) is 11.1 Å². The van der Waals surface area contributed by atoms with Gasteiger partial charge in [0.15, 0.2) is 0 Å². The van der Waals surface area contributed by atoms with E-state index in [0.29, 0.717) is 13.1 Å². The maximum Gasteiger partial charge on any atom is 0.267 e. The molecule has 0 saturated carbocycles. The Labute approximate surface area is 145 Å². The molecule has 0 spiro atoms. The topological polar surface area (TPSA) is 73.0 Å². The van der Waals surface area contributed by atoms with Crippen LogP contribution in [-0.4, -0.2) is 37.0 Å². The van der Waals surface area contributed by atoms with Crippen molar-refractivity contribution >= 4 is 0 Å². The highest BCUT2D eigenvalue weighted by atomic mass is 16.1. The molecule has 1 fully saturated rings. The molecule has 25 heavy (non-hydrogen) atoms. The Bertz CT molecular complexity index is 901.